The fourth-order valence-electron chi connectivity index (χ4n) is 3.14. The molecule has 1 fully saturated rings. The molecule has 1 aromatic rings. The van der Waals surface area contributed by atoms with Gasteiger partial charge < -0.3 is 15.8 Å². The summed E-state index contributed by atoms with van der Waals surface area (Å²) in [5.74, 6) is 0.0955. The van der Waals surface area contributed by atoms with Gasteiger partial charge in [-0.1, -0.05) is 0 Å². The van der Waals surface area contributed by atoms with Gasteiger partial charge >= 0.3 is 0 Å². The number of amides is 1. The molecule has 3 rings (SSSR count). The zero-order valence-corrected chi connectivity index (χ0v) is 11.8. The van der Waals surface area contributed by atoms with E-state index in [1.165, 1.54) is 0 Å². The second-order valence-electron chi connectivity index (χ2n) is 5.60. The average Bonchev–Trinajstić information content (AvgIpc) is 2.47. The summed E-state index contributed by atoms with van der Waals surface area (Å²) < 4.78 is 5.38. The van der Waals surface area contributed by atoms with E-state index in [0.29, 0.717) is 6.10 Å². The average molecular weight is 275 g/mol. The number of fused-ring (bicyclic) bond motifs is 1. The Kier molecular flexibility index (Phi) is 3.63. The van der Waals surface area contributed by atoms with E-state index in [1.54, 1.807) is 7.11 Å². The van der Waals surface area contributed by atoms with Gasteiger partial charge in [0.05, 0.1) is 12.1 Å². The molecular weight excluding hydrogens is 254 g/mol. The van der Waals surface area contributed by atoms with Gasteiger partial charge in [0.1, 0.15) is 0 Å². The van der Waals surface area contributed by atoms with Crippen LogP contribution in [0, 0.1) is 0 Å². The summed E-state index contributed by atoms with van der Waals surface area (Å²) in [5, 5.41) is 2.99. The zero-order valence-electron chi connectivity index (χ0n) is 11.8. The number of nitrogens with two attached hydrogens (primary N) is 1. The number of nitrogens with zero attached hydrogens (tertiary/aromatic N) is 1. The van der Waals surface area contributed by atoms with Crippen LogP contribution in [0.25, 0.3) is 0 Å². The van der Waals surface area contributed by atoms with Crippen molar-refractivity contribution < 1.29 is 9.53 Å². The first kappa shape index (κ1) is 13.4. The SMILES string of the molecule is COC1CCN(C2Cc3cc(N)ccc3NC2=O)CC1. The number of benzene rings is 1. The molecule has 1 aromatic carbocycles. The summed E-state index contributed by atoms with van der Waals surface area (Å²) >= 11 is 0. The molecule has 108 valence electrons. The fourth-order valence-corrected chi connectivity index (χ4v) is 3.14. The quantitative estimate of drug-likeness (QED) is 0.797. The van der Waals surface area contributed by atoms with Crippen LogP contribution in [-0.4, -0.2) is 43.2 Å². The number of hydrogen-bond donors (Lipinski definition) is 2. The van der Waals surface area contributed by atoms with Crippen molar-refractivity contribution in [2.45, 2.75) is 31.4 Å². The van der Waals surface area contributed by atoms with Gasteiger partial charge in [-0.25, -0.2) is 0 Å². The number of carbonyl (C=O) groups is 1. The summed E-state index contributed by atoms with van der Waals surface area (Å²) in [6.45, 7) is 1.82. The molecule has 1 atom stereocenters. The van der Waals surface area contributed by atoms with Crippen molar-refractivity contribution in [2.75, 3.05) is 31.2 Å². The maximum absolute atomic E-state index is 12.3. The summed E-state index contributed by atoms with van der Waals surface area (Å²) in [7, 11) is 1.76. The molecule has 2 aliphatic heterocycles. The minimum atomic E-state index is -0.0814. The topological polar surface area (TPSA) is 67.6 Å². The number of methoxy groups -OCH3 is 1. The predicted octanol–water partition coefficient (Wildman–Crippen LogP) is 1.24. The highest BCUT2D eigenvalue weighted by Crippen LogP contribution is 2.28. The molecule has 5 nitrogen and oxygen atoms in total. The number of nitrogens with one attached hydrogen (secondary N) is 1. The van der Waals surface area contributed by atoms with Crippen molar-refractivity contribution in [3.63, 3.8) is 0 Å². The first-order valence-corrected chi connectivity index (χ1v) is 7.13. The van der Waals surface area contributed by atoms with E-state index >= 15 is 0 Å². The van der Waals surface area contributed by atoms with Crippen LogP contribution >= 0.6 is 0 Å². The zero-order chi connectivity index (χ0) is 14.1. The lowest BCUT2D eigenvalue weighted by Gasteiger charge is -2.38. The standard InChI is InChI=1S/C15H21N3O2/c1-20-12-4-6-18(7-5-12)14-9-10-8-11(16)2-3-13(10)17-15(14)19/h2-3,8,12,14H,4-7,9,16H2,1H3,(H,17,19). The smallest absolute Gasteiger partial charge is 0.242 e. The Bertz CT molecular complexity index is 510. The Morgan fingerprint density at radius 1 is 1.35 bits per heavy atom. The molecule has 1 unspecified atom stereocenters. The van der Waals surface area contributed by atoms with Crippen molar-refractivity contribution >= 4 is 17.3 Å². The second kappa shape index (κ2) is 5.42. The lowest BCUT2D eigenvalue weighted by molar-refractivity contribution is -0.122. The number of anilines is 2. The second-order valence-corrected chi connectivity index (χ2v) is 5.60. The Balaban J connectivity index is 1.74. The molecular formula is C15H21N3O2. The molecule has 0 spiro atoms. The van der Waals surface area contributed by atoms with Crippen molar-refractivity contribution in [3.8, 4) is 0 Å². The highest BCUT2D eigenvalue weighted by Gasteiger charge is 2.33. The molecule has 20 heavy (non-hydrogen) atoms. The Labute approximate surface area is 119 Å². The maximum Gasteiger partial charge on any atom is 0.242 e. The minimum absolute atomic E-state index is 0.0814. The number of hydrogen-bond acceptors (Lipinski definition) is 4. The van der Waals surface area contributed by atoms with Crippen LogP contribution in [0.2, 0.25) is 0 Å². The molecule has 5 heteroatoms. The largest absolute Gasteiger partial charge is 0.399 e. The van der Waals surface area contributed by atoms with Crippen molar-refractivity contribution in [2.24, 2.45) is 0 Å². The molecule has 0 aromatic heterocycles. The molecule has 0 aliphatic carbocycles. The lowest BCUT2D eigenvalue weighted by Crippen LogP contribution is -2.51. The van der Waals surface area contributed by atoms with Gasteiger partial charge in [-0.15, -0.1) is 0 Å². The summed E-state index contributed by atoms with van der Waals surface area (Å²) in [5.41, 5.74) is 8.60. The van der Waals surface area contributed by atoms with Crippen molar-refractivity contribution in [1.29, 1.82) is 0 Å². The van der Waals surface area contributed by atoms with Gasteiger partial charge in [-0.05, 0) is 43.0 Å². The van der Waals surface area contributed by atoms with Gasteiger partial charge in [-0.2, -0.15) is 0 Å². The van der Waals surface area contributed by atoms with Crippen molar-refractivity contribution in [3.05, 3.63) is 23.8 Å². The third kappa shape index (κ3) is 2.51. The number of ether oxygens (including phenoxy) is 1. The van der Waals surface area contributed by atoms with Gasteiger partial charge in [0.15, 0.2) is 0 Å². The molecule has 1 saturated heterocycles. The van der Waals surface area contributed by atoms with Crippen molar-refractivity contribution in [1.82, 2.24) is 4.90 Å². The van der Waals surface area contributed by atoms with E-state index in [1.807, 2.05) is 18.2 Å². The highest BCUT2D eigenvalue weighted by atomic mass is 16.5. The van der Waals surface area contributed by atoms with E-state index in [-0.39, 0.29) is 11.9 Å². The number of nitrogen functional groups attached to an aromatic ring is 1. The Morgan fingerprint density at radius 2 is 2.10 bits per heavy atom. The molecule has 2 aliphatic rings. The Hall–Kier alpha value is -1.59. The predicted molar refractivity (Wildman–Crippen MR) is 78.6 cm³/mol. The van der Waals surface area contributed by atoms with Gasteiger partial charge in [0.2, 0.25) is 5.91 Å². The van der Waals surface area contributed by atoms with Crippen LogP contribution < -0.4 is 11.1 Å². The van der Waals surface area contributed by atoms with Crippen LogP contribution in [0.4, 0.5) is 11.4 Å². The van der Waals surface area contributed by atoms with Crippen LogP contribution in [0.5, 0.6) is 0 Å². The molecule has 2 heterocycles. The Morgan fingerprint density at radius 3 is 2.80 bits per heavy atom. The molecule has 0 saturated carbocycles. The molecule has 3 N–H and O–H groups in total. The first-order chi connectivity index (χ1) is 9.67. The van der Waals surface area contributed by atoms with Crippen LogP contribution in [0.1, 0.15) is 18.4 Å². The summed E-state index contributed by atoms with van der Waals surface area (Å²) in [4.78, 5) is 14.5. The number of rotatable bonds is 2. The minimum Gasteiger partial charge on any atom is -0.399 e. The number of piperidine rings is 1. The van der Waals surface area contributed by atoms with E-state index in [9.17, 15) is 4.79 Å². The third-order valence-corrected chi connectivity index (χ3v) is 4.35. The van der Waals surface area contributed by atoms with Gasteiger partial charge in [-0.3, -0.25) is 9.69 Å². The lowest BCUT2D eigenvalue weighted by atomic mass is 9.95. The van der Waals surface area contributed by atoms with E-state index in [0.717, 1.165) is 49.3 Å². The highest BCUT2D eigenvalue weighted by molar-refractivity contribution is 5.98. The normalized spacial score (nSPS) is 24.2. The summed E-state index contributed by atoms with van der Waals surface area (Å²) in [6.07, 6.45) is 3.05. The van der Waals surface area contributed by atoms with E-state index in [4.69, 9.17) is 10.5 Å². The van der Waals surface area contributed by atoms with Gasteiger partial charge in [0.25, 0.3) is 0 Å². The maximum atomic E-state index is 12.3. The molecule has 0 bridgehead atoms. The fraction of sp³-hybridized carbons (Fsp3) is 0.533. The summed E-state index contributed by atoms with van der Waals surface area (Å²) in [6, 6.07) is 5.59. The third-order valence-electron chi connectivity index (χ3n) is 4.35. The monoisotopic (exact) mass is 275 g/mol. The first-order valence-electron chi connectivity index (χ1n) is 7.13. The number of likely N-dealkylation sites (tertiary alicyclic amines) is 1. The van der Waals surface area contributed by atoms with Crippen LogP contribution in [-0.2, 0) is 16.0 Å². The molecule has 1 amide bonds. The van der Waals surface area contributed by atoms with Gasteiger partial charge in [0, 0.05) is 31.6 Å². The van der Waals surface area contributed by atoms with Crippen LogP contribution in [0.15, 0.2) is 18.2 Å². The van der Waals surface area contributed by atoms with E-state index < -0.39 is 0 Å². The number of carbonyl (C=O) groups excluding carboxylic acids is 1. The van der Waals surface area contributed by atoms with E-state index in [2.05, 4.69) is 10.2 Å². The van der Waals surface area contributed by atoms with Crippen LogP contribution in [0.3, 0.4) is 0 Å². The molecule has 0 radical (unpaired) electrons.